The molecule has 0 amide bonds. The van der Waals surface area contributed by atoms with Crippen LogP contribution >= 0.6 is 0 Å². The molecule has 1 aliphatic heterocycles. The molecular weight excluding hydrogens is 947 g/mol. The summed E-state index contributed by atoms with van der Waals surface area (Å²) in [6, 6.07) is 100. The average molecular weight is 996 g/mol. The SMILES string of the molecule is c1cc(-c2ccc3c(c2)-c2ccccc2Cc2ccccc2-c2ccccc2C3)cc(N(c2ccc(-c3cccc4oc5ccccc5c34)cc2)c2ccc3c(c2)C2(c4ccccc4O3)c3ccccc3-c3ccccc32)c1. The number of rotatable bonds is 5. The van der Waals surface area contributed by atoms with Gasteiger partial charge in [0.25, 0.3) is 0 Å². The highest BCUT2D eigenvalue weighted by Gasteiger charge is 2.51. The minimum absolute atomic E-state index is 0.617. The second kappa shape index (κ2) is 17.6. The molecule has 3 nitrogen and oxygen atoms in total. The Morgan fingerprint density at radius 2 is 0.795 bits per heavy atom. The predicted molar refractivity (Wildman–Crippen MR) is 320 cm³/mol. The Bertz CT molecular complexity index is 4510. The van der Waals surface area contributed by atoms with Gasteiger partial charge in [-0.1, -0.05) is 206 Å². The first-order valence-electron chi connectivity index (χ1n) is 27.1. The van der Waals surface area contributed by atoms with Crippen LogP contribution in [0.25, 0.3) is 77.6 Å². The third-order valence-corrected chi connectivity index (χ3v) is 16.9. The Balaban J connectivity index is 0.878. The maximum absolute atomic E-state index is 6.95. The van der Waals surface area contributed by atoms with Crippen LogP contribution in [-0.2, 0) is 18.3 Å². The number of nitrogens with zero attached hydrogens (tertiary/aromatic N) is 1. The lowest BCUT2D eigenvalue weighted by Crippen LogP contribution is -2.32. The summed E-state index contributed by atoms with van der Waals surface area (Å²) in [6.07, 6.45) is 1.67. The number of para-hydroxylation sites is 2. The van der Waals surface area contributed by atoms with Gasteiger partial charge in [0.1, 0.15) is 22.7 Å². The molecule has 0 saturated heterocycles. The highest BCUT2D eigenvalue weighted by molar-refractivity contribution is 6.12. The molecule has 2 aliphatic carbocycles. The van der Waals surface area contributed by atoms with Crippen molar-refractivity contribution >= 4 is 39.0 Å². The van der Waals surface area contributed by atoms with Crippen LogP contribution in [0.3, 0.4) is 0 Å². The van der Waals surface area contributed by atoms with Crippen LogP contribution in [0.5, 0.6) is 11.5 Å². The van der Waals surface area contributed by atoms with Crippen LogP contribution < -0.4 is 9.64 Å². The van der Waals surface area contributed by atoms with Gasteiger partial charge in [0, 0.05) is 39.0 Å². The van der Waals surface area contributed by atoms with Crippen LogP contribution in [0.2, 0.25) is 0 Å². The Kier molecular flexibility index (Phi) is 9.98. The molecule has 3 heteroatoms. The molecular formula is C75H49NO2. The molecule has 0 unspecified atom stereocenters. The van der Waals surface area contributed by atoms with Crippen molar-refractivity contribution in [3.63, 3.8) is 0 Å². The molecule has 13 aromatic rings. The van der Waals surface area contributed by atoms with Crippen molar-refractivity contribution in [2.75, 3.05) is 4.90 Å². The van der Waals surface area contributed by atoms with Crippen LogP contribution in [0.4, 0.5) is 17.1 Å². The smallest absolute Gasteiger partial charge is 0.136 e. The van der Waals surface area contributed by atoms with Gasteiger partial charge in [-0.25, -0.2) is 0 Å². The molecule has 0 fully saturated rings. The van der Waals surface area contributed by atoms with Crippen molar-refractivity contribution in [2.45, 2.75) is 18.3 Å². The molecule has 12 aromatic carbocycles. The second-order valence-electron chi connectivity index (χ2n) is 21.0. The normalized spacial score (nSPS) is 13.2. The summed E-state index contributed by atoms with van der Waals surface area (Å²) in [6.45, 7) is 0. The van der Waals surface area contributed by atoms with Gasteiger partial charge in [-0.3, -0.25) is 0 Å². The largest absolute Gasteiger partial charge is 0.457 e. The minimum atomic E-state index is -0.617. The summed E-state index contributed by atoms with van der Waals surface area (Å²) in [5.74, 6) is 1.73. The zero-order valence-corrected chi connectivity index (χ0v) is 42.7. The molecule has 2 heterocycles. The van der Waals surface area contributed by atoms with E-state index in [1.165, 1.54) is 72.3 Å². The number of benzene rings is 12. The van der Waals surface area contributed by atoms with Crippen LogP contribution in [-0.4, -0.2) is 0 Å². The first kappa shape index (κ1) is 44.3. The molecule has 0 saturated carbocycles. The fourth-order valence-corrected chi connectivity index (χ4v) is 13.4. The van der Waals surface area contributed by atoms with Crippen molar-refractivity contribution in [3.05, 3.63) is 317 Å². The monoisotopic (exact) mass is 995 g/mol. The van der Waals surface area contributed by atoms with Crippen LogP contribution in [0.1, 0.15) is 44.5 Å². The fraction of sp³-hybridized carbons (Fsp3) is 0.0400. The van der Waals surface area contributed by atoms with E-state index in [4.69, 9.17) is 9.15 Å². The Morgan fingerprint density at radius 3 is 1.51 bits per heavy atom. The second-order valence-corrected chi connectivity index (χ2v) is 21.0. The summed E-state index contributed by atoms with van der Waals surface area (Å²) < 4.78 is 13.3. The minimum Gasteiger partial charge on any atom is -0.457 e. The van der Waals surface area contributed by atoms with Crippen LogP contribution in [0.15, 0.2) is 277 Å². The number of hydrogen-bond acceptors (Lipinski definition) is 3. The summed E-state index contributed by atoms with van der Waals surface area (Å²) in [5, 5.41) is 2.24. The maximum atomic E-state index is 6.95. The molecule has 3 aliphatic rings. The van der Waals surface area contributed by atoms with E-state index in [1.54, 1.807) is 0 Å². The van der Waals surface area contributed by atoms with E-state index < -0.39 is 5.41 Å². The van der Waals surface area contributed by atoms with E-state index in [2.05, 4.69) is 272 Å². The van der Waals surface area contributed by atoms with Gasteiger partial charge in [0.15, 0.2) is 0 Å². The average Bonchev–Trinajstić information content (AvgIpc) is 3.73. The zero-order valence-electron chi connectivity index (χ0n) is 42.7. The van der Waals surface area contributed by atoms with Gasteiger partial charge < -0.3 is 14.1 Å². The maximum Gasteiger partial charge on any atom is 0.136 e. The van der Waals surface area contributed by atoms with Gasteiger partial charge in [-0.15, -0.1) is 0 Å². The number of furan rings is 1. The lowest BCUT2D eigenvalue weighted by molar-refractivity contribution is 0.436. The Labute approximate surface area is 453 Å². The van der Waals surface area contributed by atoms with Gasteiger partial charge in [0.05, 0.1) is 5.41 Å². The number of hydrogen-bond donors (Lipinski definition) is 0. The molecule has 0 atom stereocenters. The highest BCUT2D eigenvalue weighted by Crippen LogP contribution is 2.62. The van der Waals surface area contributed by atoms with E-state index in [1.807, 2.05) is 6.07 Å². The summed E-state index contributed by atoms with van der Waals surface area (Å²) in [5.41, 5.74) is 26.6. The molecule has 0 radical (unpaired) electrons. The standard InChI is InChI=1S/C75H49NO2/c1-4-22-58-51(17-1)43-53-19-3-6-24-60(53)65-46-50(35-36-54(65)44-52-18-2-5-23-59(52)58)49-20-15-21-56(45-49)76(55-39-37-48(38-40-55)61-28-16-34-73-74(61)64-27-9-13-32-70(64)77-73)57-41-42-72-69(47-57)75(68-31-12-14-33-71(68)78-72)66-29-10-7-25-62(66)63-26-8-11-30-67(63)75/h1-42,45-47H,43-44H2. The van der Waals surface area contributed by atoms with E-state index in [0.717, 1.165) is 91.2 Å². The number of anilines is 3. The third-order valence-electron chi connectivity index (χ3n) is 16.9. The molecule has 1 spiro atoms. The lowest BCUT2D eigenvalue weighted by Gasteiger charge is -2.40. The summed E-state index contributed by atoms with van der Waals surface area (Å²) in [4.78, 5) is 2.42. The van der Waals surface area contributed by atoms with Gasteiger partial charge in [-0.05, 0) is 169 Å². The van der Waals surface area contributed by atoms with Crippen molar-refractivity contribution in [3.8, 4) is 67.1 Å². The van der Waals surface area contributed by atoms with E-state index in [0.29, 0.717) is 0 Å². The van der Waals surface area contributed by atoms with Crippen molar-refractivity contribution < 1.29 is 9.15 Å². The quantitative estimate of drug-likeness (QED) is 0.172. The van der Waals surface area contributed by atoms with Gasteiger partial charge in [-0.2, -0.15) is 0 Å². The van der Waals surface area contributed by atoms with Crippen molar-refractivity contribution in [1.82, 2.24) is 0 Å². The molecule has 366 valence electrons. The summed E-state index contributed by atoms with van der Waals surface area (Å²) in [7, 11) is 0. The highest BCUT2D eigenvalue weighted by atomic mass is 16.5. The van der Waals surface area contributed by atoms with Crippen LogP contribution in [0, 0.1) is 0 Å². The third kappa shape index (κ3) is 6.78. The van der Waals surface area contributed by atoms with Crippen molar-refractivity contribution in [1.29, 1.82) is 0 Å². The fourth-order valence-electron chi connectivity index (χ4n) is 13.4. The lowest BCUT2D eigenvalue weighted by atomic mass is 9.66. The number of fused-ring (bicyclic) bond motifs is 18. The predicted octanol–water partition coefficient (Wildman–Crippen LogP) is 19.7. The van der Waals surface area contributed by atoms with Crippen molar-refractivity contribution in [2.24, 2.45) is 0 Å². The molecule has 1 aromatic heterocycles. The molecule has 0 bridgehead atoms. The topological polar surface area (TPSA) is 25.6 Å². The van der Waals surface area contributed by atoms with Gasteiger partial charge in [0.2, 0.25) is 0 Å². The van der Waals surface area contributed by atoms with E-state index in [9.17, 15) is 0 Å². The molecule has 16 rings (SSSR count). The first-order chi connectivity index (χ1) is 38.7. The molecule has 0 N–H and O–H groups in total. The molecule has 78 heavy (non-hydrogen) atoms. The summed E-state index contributed by atoms with van der Waals surface area (Å²) >= 11 is 0. The Hall–Kier alpha value is -9.96. The van der Waals surface area contributed by atoms with Gasteiger partial charge >= 0.3 is 0 Å². The first-order valence-corrected chi connectivity index (χ1v) is 27.1. The zero-order chi connectivity index (χ0) is 51.3. The number of ether oxygens (including phenoxy) is 1. The Morgan fingerprint density at radius 1 is 0.295 bits per heavy atom. The van der Waals surface area contributed by atoms with E-state index in [-0.39, 0.29) is 0 Å². The van der Waals surface area contributed by atoms with E-state index >= 15 is 0 Å².